The SMILES string of the molecule is CCN(CC)c1ccc(C(c2ccc(N(CC)CC)cc2)c2ccc(N(C)C)cc2C(=O)O)cc1. The molecule has 0 heterocycles. The first-order valence-electron chi connectivity index (χ1n) is 12.6. The zero-order valence-corrected chi connectivity index (χ0v) is 22.0. The molecule has 3 aromatic rings. The van der Waals surface area contributed by atoms with Crippen molar-refractivity contribution < 1.29 is 9.90 Å². The molecule has 5 nitrogen and oxygen atoms in total. The minimum atomic E-state index is -0.909. The molecule has 0 aliphatic carbocycles. The van der Waals surface area contributed by atoms with Gasteiger partial charge in [-0.15, -0.1) is 0 Å². The van der Waals surface area contributed by atoms with E-state index < -0.39 is 5.97 Å². The van der Waals surface area contributed by atoms with Gasteiger partial charge in [0.25, 0.3) is 0 Å². The van der Waals surface area contributed by atoms with Crippen LogP contribution in [0.25, 0.3) is 0 Å². The van der Waals surface area contributed by atoms with Gasteiger partial charge in [-0.3, -0.25) is 0 Å². The van der Waals surface area contributed by atoms with Crippen LogP contribution < -0.4 is 14.7 Å². The fourth-order valence-electron chi connectivity index (χ4n) is 4.74. The standard InChI is InChI=1S/C30H39N3O2/c1-7-32(8-2)24-15-11-22(12-16-24)29(23-13-17-25(18-14-23)33(9-3)10-4)27-20-19-26(31(5)6)21-28(27)30(34)35/h11-21,29H,7-10H2,1-6H3,(H,34,35). The fraction of sp³-hybridized carbons (Fsp3) is 0.367. The third kappa shape index (κ3) is 5.79. The van der Waals surface area contributed by atoms with Crippen LogP contribution in [0.1, 0.15) is 60.7 Å². The molecule has 1 N–H and O–H groups in total. The zero-order chi connectivity index (χ0) is 25.5. The van der Waals surface area contributed by atoms with Gasteiger partial charge in [0.15, 0.2) is 0 Å². The number of carbonyl (C=O) groups is 1. The van der Waals surface area contributed by atoms with Gasteiger partial charge in [-0.2, -0.15) is 0 Å². The molecule has 5 heteroatoms. The quantitative estimate of drug-likeness (QED) is 0.330. The molecular weight excluding hydrogens is 434 g/mol. The van der Waals surface area contributed by atoms with E-state index in [1.807, 2.05) is 31.1 Å². The lowest BCUT2D eigenvalue weighted by molar-refractivity contribution is 0.0695. The van der Waals surface area contributed by atoms with Crippen LogP contribution in [0.2, 0.25) is 0 Å². The molecule has 0 fully saturated rings. The van der Waals surface area contributed by atoms with E-state index >= 15 is 0 Å². The highest BCUT2D eigenvalue weighted by molar-refractivity contribution is 5.91. The summed E-state index contributed by atoms with van der Waals surface area (Å²) in [6.45, 7) is 12.4. The van der Waals surface area contributed by atoms with Crippen molar-refractivity contribution in [2.75, 3.05) is 55.0 Å². The molecule has 0 saturated carbocycles. The number of aromatic carboxylic acids is 1. The normalized spacial score (nSPS) is 10.9. The highest BCUT2D eigenvalue weighted by atomic mass is 16.4. The zero-order valence-electron chi connectivity index (χ0n) is 22.0. The third-order valence-electron chi connectivity index (χ3n) is 6.80. The minimum absolute atomic E-state index is 0.186. The van der Waals surface area contributed by atoms with Crippen molar-refractivity contribution in [3.05, 3.63) is 89.0 Å². The highest BCUT2D eigenvalue weighted by Gasteiger charge is 2.24. The van der Waals surface area contributed by atoms with E-state index in [2.05, 4.69) is 86.0 Å². The molecule has 3 rings (SSSR count). The van der Waals surface area contributed by atoms with Crippen molar-refractivity contribution >= 4 is 23.0 Å². The van der Waals surface area contributed by atoms with Crippen molar-refractivity contribution in [3.63, 3.8) is 0 Å². The average Bonchev–Trinajstić information content (AvgIpc) is 2.87. The smallest absolute Gasteiger partial charge is 0.336 e. The Morgan fingerprint density at radius 3 is 1.43 bits per heavy atom. The van der Waals surface area contributed by atoms with Crippen molar-refractivity contribution in [1.29, 1.82) is 0 Å². The summed E-state index contributed by atoms with van der Waals surface area (Å²) in [6, 6.07) is 22.9. The fourth-order valence-corrected chi connectivity index (χ4v) is 4.74. The summed E-state index contributed by atoms with van der Waals surface area (Å²) in [4.78, 5) is 18.9. The molecule has 0 aromatic heterocycles. The topological polar surface area (TPSA) is 47.0 Å². The van der Waals surface area contributed by atoms with E-state index in [4.69, 9.17) is 0 Å². The maximum Gasteiger partial charge on any atom is 0.336 e. The largest absolute Gasteiger partial charge is 0.478 e. The minimum Gasteiger partial charge on any atom is -0.478 e. The van der Waals surface area contributed by atoms with Gasteiger partial charge in [0.2, 0.25) is 0 Å². The van der Waals surface area contributed by atoms with E-state index in [0.717, 1.165) is 48.6 Å². The Morgan fingerprint density at radius 1 is 0.686 bits per heavy atom. The molecule has 35 heavy (non-hydrogen) atoms. The Morgan fingerprint density at radius 2 is 1.09 bits per heavy atom. The summed E-state index contributed by atoms with van der Waals surface area (Å²) in [5.41, 5.74) is 6.52. The lowest BCUT2D eigenvalue weighted by Gasteiger charge is -2.26. The molecule has 3 aromatic carbocycles. The molecule has 0 spiro atoms. The number of carboxylic acids is 1. The van der Waals surface area contributed by atoms with Crippen molar-refractivity contribution in [3.8, 4) is 0 Å². The van der Waals surface area contributed by atoms with Crippen LogP contribution in [0.15, 0.2) is 66.7 Å². The molecule has 186 valence electrons. The Labute approximate surface area is 210 Å². The Kier molecular flexibility index (Phi) is 8.80. The van der Waals surface area contributed by atoms with E-state index in [0.29, 0.717) is 5.56 Å². The second kappa shape index (κ2) is 11.8. The highest BCUT2D eigenvalue weighted by Crippen LogP contribution is 2.37. The maximum atomic E-state index is 12.4. The molecule has 0 atom stereocenters. The molecule has 0 aliphatic heterocycles. The van der Waals surface area contributed by atoms with Gasteiger partial charge in [-0.05, 0) is 80.8 Å². The Hall–Kier alpha value is -3.47. The second-order valence-corrected chi connectivity index (χ2v) is 8.93. The summed E-state index contributed by atoms with van der Waals surface area (Å²) in [7, 11) is 3.85. The van der Waals surface area contributed by atoms with E-state index in [-0.39, 0.29) is 5.92 Å². The molecule has 0 bridgehead atoms. The van der Waals surface area contributed by atoms with Gasteiger partial charge >= 0.3 is 5.97 Å². The van der Waals surface area contributed by atoms with Crippen LogP contribution in [-0.4, -0.2) is 51.4 Å². The van der Waals surface area contributed by atoms with Crippen LogP contribution >= 0.6 is 0 Å². The number of rotatable bonds is 11. The summed E-state index contributed by atoms with van der Waals surface area (Å²) in [5.74, 6) is -1.10. The molecule has 0 saturated heterocycles. The number of nitrogens with zero attached hydrogens (tertiary/aromatic N) is 3. The van der Waals surface area contributed by atoms with Gasteiger partial charge in [0.1, 0.15) is 0 Å². The summed E-state index contributed by atoms with van der Waals surface area (Å²) in [5, 5.41) is 10.1. The van der Waals surface area contributed by atoms with Gasteiger partial charge < -0.3 is 19.8 Å². The predicted molar refractivity (Wildman–Crippen MR) is 149 cm³/mol. The predicted octanol–water partition coefficient (Wildman–Crippen LogP) is 6.32. The average molecular weight is 474 g/mol. The maximum absolute atomic E-state index is 12.4. The van der Waals surface area contributed by atoms with E-state index in [1.54, 1.807) is 6.07 Å². The molecule has 0 radical (unpaired) electrons. The van der Waals surface area contributed by atoms with Crippen LogP contribution in [0.5, 0.6) is 0 Å². The van der Waals surface area contributed by atoms with E-state index in [1.165, 1.54) is 11.4 Å². The number of anilines is 3. The summed E-state index contributed by atoms with van der Waals surface area (Å²) >= 11 is 0. The van der Waals surface area contributed by atoms with Gasteiger partial charge in [0.05, 0.1) is 5.56 Å². The van der Waals surface area contributed by atoms with Crippen LogP contribution in [-0.2, 0) is 0 Å². The number of hydrogen-bond donors (Lipinski definition) is 1. The van der Waals surface area contributed by atoms with Crippen LogP contribution in [0, 0.1) is 0 Å². The lowest BCUT2D eigenvalue weighted by atomic mass is 9.82. The first kappa shape index (κ1) is 26.1. The number of hydrogen-bond acceptors (Lipinski definition) is 4. The molecule has 0 unspecified atom stereocenters. The Balaban J connectivity index is 2.16. The van der Waals surface area contributed by atoms with Gasteiger partial charge in [-0.25, -0.2) is 4.79 Å². The molecular formula is C30H39N3O2. The summed E-state index contributed by atoms with van der Waals surface area (Å²) in [6.07, 6.45) is 0. The second-order valence-electron chi connectivity index (χ2n) is 8.93. The van der Waals surface area contributed by atoms with Crippen molar-refractivity contribution in [2.24, 2.45) is 0 Å². The number of carboxylic acid groups (broad SMARTS) is 1. The summed E-state index contributed by atoms with van der Waals surface area (Å²) < 4.78 is 0. The monoisotopic (exact) mass is 473 g/mol. The van der Waals surface area contributed by atoms with Crippen molar-refractivity contribution in [1.82, 2.24) is 0 Å². The first-order chi connectivity index (χ1) is 16.8. The van der Waals surface area contributed by atoms with E-state index in [9.17, 15) is 9.90 Å². The van der Waals surface area contributed by atoms with Gasteiger partial charge in [-0.1, -0.05) is 30.3 Å². The van der Waals surface area contributed by atoms with Gasteiger partial charge in [0, 0.05) is 63.3 Å². The third-order valence-corrected chi connectivity index (χ3v) is 6.80. The van der Waals surface area contributed by atoms with Crippen LogP contribution in [0.4, 0.5) is 17.1 Å². The first-order valence-corrected chi connectivity index (χ1v) is 12.6. The molecule has 0 aliphatic rings. The van der Waals surface area contributed by atoms with Crippen molar-refractivity contribution in [2.45, 2.75) is 33.6 Å². The Bertz CT molecular complexity index is 1040. The van der Waals surface area contributed by atoms with Crippen LogP contribution in [0.3, 0.4) is 0 Å². The number of benzene rings is 3. The molecule has 0 amide bonds. The lowest BCUT2D eigenvalue weighted by Crippen LogP contribution is -2.22.